The number of rotatable bonds is 9. The molecule has 23 heavy (non-hydrogen) atoms. The van der Waals surface area contributed by atoms with Crippen molar-refractivity contribution in [2.45, 2.75) is 45.9 Å². The molecule has 0 saturated carbocycles. The van der Waals surface area contributed by atoms with Gasteiger partial charge in [-0.15, -0.1) is 0 Å². The molecule has 128 valence electrons. The van der Waals surface area contributed by atoms with Crippen molar-refractivity contribution in [2.75, 3.05) is 7.11 Å². The highest BCUT2D eigenvalue weighted by atomic mass is 16.5. The average molecular weight is 323 g/mol. The predicted octanol–water partition coefficient (Wildman–Crippen LogP) is 2.22. The third-order valence-electron chi connectivity index (χ3n) is 3.78. The molecule has 0 saturated heterocycles. The minimum absolute atomic E-state index is 0.151. The molecule has 0 aliphatic heterocycles. The molecule has 1 aromatic carbocycles. The summed E-state index contributed by atoms with van der Waals surface area (Å²) in [6, 6.07) is 6.45. The van der Waals surface area contributed by atoms with Crippen LogP contribution in [0, 0.1) is 5.92 Å². The molecule has 0 bridgehead atoms. The number of carboxylic acid groups (broad SMARTS) is 1. The lowest BCUT2D eigenvalue weighted by Gasteiger charge is -2.22. The first-order valence-electron chi connectivity index (χ1n) is 7.66. The molecule has 0 aliphatic carbocycles. The maximum Gasteiger partial charge on any atom is 0.326 e. The van der Waals surface area contributed by atoms with E-state index < -0.39 is 24.0 Å². The van der Waals surface area contributed by atoms with Gasteiger partial charge in [0.05, 0.1) is 13.7 Å². The summed E-state index contributed by atoms with van der Waals surface area (Å²) >= 11 is 0. The maximum absolute atomic E-state index is 12.1. The number of aliphatic carboxylic acids is 1. The van der Waals surface area contributed by atoms with E-state index in [1.165, 1.54) is 0 Å². The van der Waals surface area contributed by atoms with E-state index in [1.807, 2.05) is 31.2 Å². The lowest BCUT2D eigenvalue weighted by Crippen LogP contribution is -2.48. The Morgan fingerprint density at radius 1 is 1.30 bits per heavy atom. The van der Waals surface area contributed by atoms with Crippen molar-refractivity contribution in [2.24, 2.45) is 5.92 Å². The van der Waals surface area contributed by atoms with Crippen LogP contribution in [-0.2, 0) is 20.9 Å². The summed E-state index contributed by atoms with van der Waals surface area (Å²) in [6.45, 7) is 5.52. The molecule has 0 heterocycles. The molecule has 6 nitrogen and oxygen atoms in total. The number of ether oxygens (including phenoxy) is 2. The molecule has 0 aromatic heterocycles. The van der Waals surface area contributed by atoms with Crippen LogP contribution in [0.5, 0.6) is 5.75 Å². The fraction of sp³-hybridized carbons (Fsp3) is 0.529. The van der Waals surface area contributed by atoms with Crippen molar-refractivity contribution < 1.29 is 24.2 Å². The topological polar surface area (TPSA) is 84.9 Å². The Morgan fingerprint density at radius 2 is 2.00 bits per heavy atom. The molecule has 1 aromatic rings. The normalized spacial score (nSPS) is 14.6. The standard InChI is InChI=1S/C17H25NO5/c1-5-11(2)15(17(20)21)18-16(19)12(3)23-10-13-7-6-8-14(9-13)22-4/h6-9,11-12,15H,5,10H2,1-4H3,(H,18,19)(H,20,21). The van der Waals surface area contributed by atoms with Gasteiger partial charge in [-0.3, -0.25) is 4.79 Å². The zero-order valence-corrected chi connectivity index (χ0v) is 14.0. The first-order valence-corrected chi connectivity index (χ1v) is 7.66. The van der Waals surface area contributed by atoms with Gasteiger partial charge >= 0.3 is 5.97 Å². The quantitative estimate of drug-likeness (QED) is 0.728. The van der Waals surface area contributed by atoms with Gasteiger partial charge in [-0.05, 0) is 30.5 Å². The van der Waals surface area contributed by atoms with Crippen LogP contribution in [0.2, 0.25) is 0 Å². The predicted molar refractivity (Wildman–Crippen MR) is 86.3 cm³/mol. The number of carbonyl (C=O) groups excluding carboxylic acids is 1. The van der Waals surface area contributed by atoms with Crippen LogP contribution >= 0.6 is 0 Å². The second-order valence-corrected chi connectivity index (χ2v) is 5.51. The zero-order chi connectivity index (χ0) is 17.4. The van der Waals surface area contributed by atoms with Crippen LogP contribution in [0.3, 0.4) is 0 Å². The van der Waals surface area contributed by atoms with E-state index in [2.05, 4.69) is 5.32 Å². The van der Waals surface area contributed by atoms with E-state index in [4.69, 9.17) is 9.47 Å². The third-order valence-corrected chi connectivity index (χ3v) is 3.78. The molecule has 2 N–H and O–H groups in total. The van der Waals surface area contributed by atoms with Crippen LogP contribution in [-0.4, -0.2) is 36.2 Å². The minimum atomic E-state index is -1.03. The van der Waals surface area contributed by atoms with E-state index in [9.17, 15) is 14.7 Å². The van der Waals surface area contributed by atoms with Crippen molar-refractivity contribution in [3.63, 3.8) is 0 Å². The molecule has 1 amide bonds. The molecule has 3 unspecified atom stereocenters. The molecule has 0 spiro atoms. The number of hydrogen-bond donors (Lipinski definition) is 2. The van der Waals surface area contributed by atoms with Gasteiger partial charge in [-0.1, -0.05) is 32.4 Å². The van der Waals surface area contributed by atoms with Crippen LogP contribution < -0.4 is 10.1 Å². The largest absolute Gasteiger partial charge is 0.497 e. The van der Waals surface area contributed by atoms with Crippen LogP contribution in [0.25, 0.3) is 0 Å². The molecule has 0 fully saturated rings. The van der Waals surface area contributed by atoms with Gasteiger partial charge in [0.25, 0.3) is 0 Å². The highest BCUT2D eigenvalue weighted by molar-refractivity contribution is 5.86. The maximum atomic E-state index is 12.1. The number of nitrogens with one attached hydrogen (secondary N) is 1. The van der Waals surface area contributed by atoms with E-state index in [-0.39, 0.29) is 12.5 Å². The van der Waals surface area contributed by atoms with Crippen molar-refractivity contribution in [1.82, 2.24) is 5.32 Å². The van der Waals surface area contributed by atoms with Gasteiger partial charge in [0.1, 0.15) is 17.9 Å². The summed E-state index contributed by atoms with van der Waals surface area (Å²) < 4.78 is 10.6. The molecule has 0 aliphatic rings. The highest BCUT2D eigenvalue weighted by Gasteiger charge is 2.27. The molecule has 1 rings (SSSR count). The minimum Gasteiger partial charge on any atom is -0.497 e. The number of amides is 1. The molecular formula is C17H25NO5. The number of hydrogen-bond acceptors (Lipinski definition) is 4. The van der Waals surface area contributed by atoms with Gasteiger partial charge < -0.3 is 19.9 Å². The Kier molecular flexibility index (Phi) is 7.54. The number of carbonyl (C=O) groups is 2. The highest BCUT2D eigenvalue weighted by Crippen LogP contribution is 2.14. The Bertz CT molecular complexity index is 531. The van der Waals surface area contributed by atoms with Crippen molar-refractivity contribution in [3.8, 4) is 5.75 Å². The lowest BCUT2D eigenvalue weighted by atomic mass is 9.99. The first kappa shape index (κ1) is 19.0. The van der Waals surface area contributed by atoms with Crippen LogP contribution in [0.4, 0.5) is 0 Å². The Hall–Kier alpha value is -2.08. The number of benzene rings is 1. The summed E-state index contributed by atoms with van der Waals surface area (Å²) in [5, 5.41) is 11.7. The SMILES string of the molecule is CCC(C)C(NC(=O)C(C)OCc1cccc(OC)c1)C(=O)O. The van der Waals surface area contributed by atoms with Crippen molar-refractivity contribution in [1.29, 1.82) is 0 Å². The average Bonchev–Trinajstić information content (AvgIpc) is 2.56. The van der Waals surface area contributed by atoms with E-state index in [1.54, 1.807) is 21.0 Å². The van der Waals surface area contributed by atoms with Gasteiger partial charge in [0, 0.05) is 0 Å². The fourth-order valence-corrected chi connectivity index (χ4v) is 2.01. The summed E-state index contributed by atoms with van der Waals surface area (Å²) in [4.78, 5) is 23.3. The van der Waals surface area contributed by atoms with Gasteiger partial charge in [0.2, 0.25) is 5.91 Å². The third kappa shape index (κ3) is 5.90. The van der Waals surface area contributed by atoms with Crippen molar-refractivity contribution >= 4 is 11.9 Å². The van der Waals surface area contributed by atoms with Crippen LogP contribution in [0.1, 0.15) is 32.8 Å². The Balaban J connectivity index is 2.57. The second-order valence-electron chi connectivity index (χ2n) is 5.51. The number of methoxy groups -OCH3 is 1. The molecular weight excluding hydrogens is 298 g/mol. The summed E-state index contributed by atoms with van der Waals surface area (Å²) in [7, 11) is 1.58. The summed E-state index contributed by atoms with van der Waals surface area (Å²) in [5.41, 5.74) is 0.876. The van der Waals surface area contributed by atoms with Gasteiger partial charge in [0.15, 0.2) is 0 Å². The monoisotopic (exact) mass is 323 g/mol. The lowest BCUT2D eigenvalue weighted by molar-refractivity contribution is -0.145. The second kappa shape index (κ2) is 9.15. The van der Waals surface area contributed by atoms with E-state index >= 15 is 0 Å². The summed E-state index contributed by atoms with van der Waals surface area (Å²) in [6.07, 6.45) is -0.0804. The van der Waals surface area contributed by atoms with Gasteiger partial charge in [-0.25, -0.2) is 4.79 Å². The van der Waals surface area contributed by atoms with E-state index in [0.717, 1.165) is 5.56 Å². The summed E-state index contributed by atoms with van der Waals surface area (Å²) in [5.74, 6) is -0.902. The molecule has 6 heteroatoms. The number of carboxylic acids is 1. The molecule has 0 radical (unpaired) electrons. The Morgan fingerprint density at radius 3 is 2.57 bits per heavy atom. The van der Waals surface area contributed by atoms with Crippen LogP contribution in [0.15, 0.2) is 24.3 Å². The first-order chi connectivity index (χ1) is 10.9. The van der Waals surface area contributed by atoms with E-state index in [0.29, 0.717) is 12.2 Å². The Labute approximate surface area is 136 Å². The van der Waals surface area contributed by atoms with Crippen molar-refractivity contribution in [3.05, 3.63) is 29.8 Å². The zero-order valence-electron chi connectivity index (χ0n) is 14.0. The fourth-order valence-electron chi connectivity index (χ4n) is 2.01. The van der Waals surface area contributed by atoms with Gasteiger partial charge in [-0.2, -0.15) is 0 Å². The molecule has 3 atom stereocenters. The smallest absolute Gasteiger partial charge is 0.326 e.